The predicted octanol–water partition coefficient (Wildman–Crippen LogP) is 1.57. The van der Waals surface area contributed by atoms with Gasteiger partial charge in [0.25, 0.3) is 0 Å². The van der Waals surface area contributed by atoms with Gasteiger partial charge in [0.15, 0.2) is 0 Å². The summed E-state index contributed by atoms with van der Waals surface area (Å²) < 4.78 is 4.19. The van der Waals surface area contributed by atoms with Crippen molar-refractivity contribution >= 4 is 0 Å². The molecule has 0 atom stereocenters. The fourth-order valence-corrected chi connectivity index (χ4v) is 2.00. The van der Waals surface area contributed by atoms with Crippen molar-refractivity contribution in [1.82, 2.24) is 19.7 Å². The van der Waals surface area contributed by atoms with Gasteiger partial charge in [-0.1, -0.05) is 0 Å². The number of nitrogens with one attached hydrogen (secondary N) is 1. The smallest absolute Gasteiger partial charge is 0.0492 e. The van der Waals surface area contributed by atoms with Crippen molar-refractivity contribution in [2.75, 3.05) is 6.54 Å². The lowest BCUT2D eigenvalue weighted by molar-refractivity contribution is 0.611. The van der Waals surface area contributed by atoms with Gasteiger partial charge < -0.3 is 9.88 Å². The first-order valence-electron chi connectivity index (χ1n) is 6.13. The molecule has 0 aromatic carbocycles. The maximum Gasteiger partial charge on any atom is 0.0492 e. The highest BCUT2D eigenvalue weighted by Crippen LogP contribution is 2.02. The molecule has 0 fully saturated rings. The molecule has 0 radical (unpaired) electrons. The van der Waals surface area contributed by atoms with Gasteiger partial charge in [0.2, 0.25) is 0 Å². The topological polar surface area (TPSA) is 34.8 Å². The number of rotatable bonds is 6. The van der Waals surface area contributed by atoms with E-state index in [1.165, 1.54) is 11.4 Å². The van der Waals surface area contributed by atoms with Crippen molar-refractivity contribution in [2.24, 2.45) is 7.05 Å². The molecule has 0 spiro atoms. The maximum absolute atomic E-state index is 4.16. The Balaban J connectivity index is 1.75. The largest absolute Gasteiger partial charge is 0.351 e. The molecule has 0 aliphatic rings. The minimum Gasteiger partial charge on any atom is -0.351 e. The van der Waals surface area contributed by atoms with Gasteiger partial charge in [0.05, 0.1) is 0 Å². The molecule has 2 aromatic heterocycles. The Morgan fingerprint density at radius 1 is 1.29 bits per heavy atom. The molecule has 2 aromatic rings. The minimum atomic E-state index is 0.929. The molecule has 17 heavy (non-hydrogen) atoms. The third-order valence-corrected chi connectivity index (χ3v) is 3.05. The lowest BCUT2D eigenvalue weighted by Crippen LogP contribution is -2.19. The summed E-state index contributed by atoms with van der Waals surface area (Å²) in [7, 11) is 1.98. The standard InChI is InChI=1S/C13H20N4/c1-3-17-10-4-5-13(17)11-14-8-6-12-7-9-15-16(12)2/h4-5,7,9-10,14H,3,6,8,11H2,1-2H3. The molecule has 92 valence electrons. The highest BCUT2D eigenvalue weighted by atomic mass is 15.3. The fourth-order valence-electron chi connectivity index (χ4n) is 2.00. The SMILES string of the molecule is CCn1cccc1CNCCc1ccnn1C. The van der Waals surface area contributed by atoms with E-state index in [4.69, 9.17) is 0 Å². The number of nitrogens with zero attached hydrogens (tertiary/aromatic N) is 3. The van der Waals surface area contributed by atoms with E-state index in [0.717, 1.165) is 26.1 Å². The highest BCUT2D eigenvalue weighted by molar-refractivity contribution is 5.07. The zero-order valence-corrected chi connectivity index (χ0v) is 10.6. The van der Waals surface area contributed by atoms with E-state index >= 15 is 0 Å². The van der Waals surface area contributed by atoms with Crippen LogP contribution >= 0.6 is 0 Å². The van der Waals surface area contributed by atoms with Gasteiger partial charge in [-0.05, 0) is 25.1 Å². The summed E-state index contributed by atoms with van der Waals surface area (Å²) >= 11 is 0. The predicted molar refractivity (Wildman–Crippen MR) is 68.7 cm³/mol. The van der Waals surface area contributed by atoms with Gasteiger partial charge in [-0.2, -0.15) is 5.10 Å². The minimum absolute atomic E-state index is 0.929. The van der Waals surface area contributed by atoms with Crippen LogP contribution in [0.1, 0.15) is 18.3 Å². The normalized spacial score (nSPS) is 10.9. The second-order valence-electron chi connectivity index (χ2n) is 4.16. The highest BCUT2D eigenvalue weighted by Gasteiger charge is 2.00. The lowest BCUT2D eigenvalue weighted by atomic mass is 10.3. The molecule has 0 saturated heterocycles. The summed E-state index contributed by atoms with van der Waals surface area (Å²) in [6, 6.07) is 6.33. The van der Waals surface area contributed by atoms with Crippen LogP contribution in [0.25, 0.3) is 0 Å². The molecule has 0 saturated carbocycles. The second-order valence-corrected chi connectivity index (χ2v) is 4.16. The number of hydrogen-bond donors (Lipinski definition) is 1. The molecule has 2 rings (SSSR count). The zero-order valence-electron chi connectivity index (χ0n) is 10.6. The van der Waals surface area contributed by atoms with Crippen LogP contribution in [-0.4, -0.2) is 20.9 Å². The van der Waals surface area contributed by atoms with E-state index in [1.54, 1.807) is 0 Å². The Morgan fingerprint density at radius 2 is 2.18 bits per heavy atom. The van der Waals surface area contributed by atoms with Gasteiger partial charge in [-0.3, -0.25) is 4.68 Å². The van der Waals surface area contributed by atoms with Crippen molar-refractivity contribution in [3.05, 3.63) is 42.0 Å². The molecular weight excluding hydrogens is 212 g/mol. The molecular formula is C13H20N4. The van der Waals surface area contributed by atoms with E-state index in [9.17, 15) is 0 Å². The Bertz CT molecular complexity index is 455. The van der Waals surface area contributed by atoms with Gasteiger partial charge in [-0.25, -0.2) is 0 Å². The Labute approximate surface area is 102 Å². The van der Waals surface area contributed by atoms with E-state index in [0.29, 0.717) is 0 Å². The molecule has 0 aliphatic heterocycles. The van der Waals surface area contributed by atoms with E-state index in [2.05, 4.69) is 46.3 Å². The Kier molecular flexibility index (Phi) is 3.98. The Hall–Kier alpha value is -1.55. The van der Waals surface area contributed by atoms with Crippen LogP contribution < -0.4 is 5.32 Å². The summed E-state index contributed by atoms with van der Waals surface area (Å²) in [4.78, 5) is 0. The summed E-state index contributed by atoms with van der Waals surface area (Å²) in [6.07, 6.45) is 4.99. The van der Waals surface area contributed by atoms with Crippen LogP contribution in [-0.2, 0) is 26.6 Å². The Morgan fingerprint density at radius 3 is 2.88 bits per heavy atom. The van der Waals surface area contributed by atoms with Crippen LogP contribution in [0.5, 0.6) is 0 Å². The molecule has 0 unspecified atom stereocenters. The van der Waals surface area contributed by atoms with Crippen LogP contribution in [0.3, 0.4) is 0 Å². The summed E-state index contributed by atoms with van der Waals surface area (Å²) in [5, 5.41) is 7.62. The monoisotopic (exact) mass is 232 g/mol. The van der Waals surface area contributed by atoms with E-state index in [-0.39, 0.29) is 0 Å². The van der Waals surface area contributed by atoms with Gasteiger partial charge in [0.1, 0.15) is 0 Å². The molecule has 1 N–H and O–H groups in total. The van der Waals surface area contributed by atoms with Crippen molar-refractivity contribution in [2.45, 2.75) is 26.4 Å². The molecule has 0 amide bonds. The van der Waals surface area contributed by atoms with Crippen LogP contribution in [0.4, 0.5) is 0 Å². The van der Waals surface area contributed by atoms with Gasteiger partial charge in [0, 0.05) is 56.9 Å². The quantitative estimate of drug-likeness (QED) is 0.767. The summed E-state index contributed by atoms with van der Waals surface area (Å²) in [5.41, 5.74) is 2.61. The average molecular weight is 232 g/mol. The van der Waals surface area contributed by atoms with Gasteiger partial charge >= 0.3 is 0 Å². The number of aryl methyl sites for hydroxylation is 2. The first kappa shape index (κ1) is 11.9. The van der Waals surface area contributed by atoms with Crippen molar-refractivity contribution < 1.29 is 0 Å². The van der Waals surface area contributed by atoms with Gasteiger partial charge in [-0.15, -0.1) is 0 Å². The fraction of sp³-hybridized carbons (Fsp3) is 0.462. The maximum atomic E-state index is 4.16. The van der Waals surface area contributed by atoms with Crippen LogP contribution in [0, 0.1) is 0 Å². The zero-order chi connectivity index (χ0) is 12.1. The molecule has 0 aliphatic carbocycles. The third-order valence-electron chi connectivity index (χ3n) is 3.05. The van der Waals surface area contributed by atoms with Crippen LogP contribution in [0.2, 0.25) is 0 Å². The summed E-state index contributed by atoms with van der Waals surface area (Å²) in [5.74, 6) is 0. The number of aromatic nitrogens is 3. The lowest BCUT2D eigenvalue weighted by Gasteiger charge is -2.08. The molecule has 0 bridgehead atoms. The molecule has 4 nitrogen and oxygen atoms in total. The van der Waals surface area contributed by atoms with E-state index < -0.39 is 0 Å². The summed E-state index contributed by atoms with van der Waals surface area (Å²) in [6.45, 7) is 5.11. The molecule has 2 heterocycles. The number of hydrogen-bond acceptors (Lipinski definition) is 2. The second kappa shape index (κ2) is 5.68. The van der Waals surface area contributed by atoms with Crippen LogP contribution in [0.15, 0.2) is 30.6 Å². The van der Waals surface area contributed by atoms with E-state index in [1.807, 2.05) is 17.9 Å². The van der Waals surface area contributed by atoms with Crippen molar-refractivity contribution in [3.63, 3.8) is 0 Å². The third kappa shape index (κ3) is 2.97. The van der Waals surface area contributed by atoms with Crippen molar-refractivity contribution in [1.29, 1.82) is 0 Å². The first-order valence-corrected chi connectivity index (χ1v) is 6.13. The van der Waals surface area contributed by atoms with Crippen molar-refractivity contribution in [3.8, 4) is 0 Å². The average Bonchev–Trinajstić information content (AvgIpc) is 2.93. The molecule has 4 heteroatoms. The first-order chi connectivity index (χ1) is 8.31.